The second-order valence-corrected chi connectivity index (χ2v) is 11.5. The Hall–Kier alpha value is -1.41. The number of rotatable bonds is 4. The Morgan fingerprint density at radius 3 is 1.35 bits per heavy atom. The van der Waals surface area contributed by atoms with Gasteiger partial charge in [-0.2, -0.15) is 0 Å². The van der Waals surface area contributed by atoms with Gasteiger partial charge in [0, 0.05) is 0 Å². The zero-order valence-electron chi connectivity index (χ0n) is 10.9. The molecule has 0 aromatic carbocycles. The average molecular weight is 724 g/mol. The van der Waals surface area contributed by atoms with Gasteiger partial charge < -0.3 is 0 Å². The Morgan fingerprint density at radius 1 is 0.739 bits per heavy atom. The van der Waals surface area contributed by atoms with Gasteiger partial charge in [-0.15, -0.1) is 0 Å². The van der Waals surface area contributed by atoms with Crippen molar-refractivity contribution in [1.82, 2.24) is 0 Å². The van der Waals surface area contributed by atoms with Gasteiger partial charge in [0.2, 0.25) is 0 Å². The average Bonchev–Trinajstić information content (AvgIpc) is 2.34. The molecule has 2 aliphatic heterocycles. The van der Waals surface area contributed by atoms with Crippen molar-refractivity contribution in [2.24, 2.45) is 0 Å². The van der Waals surface area contributed by atoms with Crippen molar-refractivity contribution in [2.75, 3.05) is 0 Å². The standard InChI is InChI=1S/3C3H4O4.2Bi/c3*4-2(5)1-3(6)7;;/h3*1H2,(H,4,5)(H,6,7);;/q;;;2*+3/p-6. The Bertz CT molecular complexity index is 503. The van der Waals surface area contributed by atoms with Crippen molar-refractivity contribution in [1.29, 1.82) is 0 Å². The maximum atomic E-state index is 11.5. The molecule has 12 nitrogen and oxygen atoms in total. The number of hydrogen-bond donors (Lipinski definition) is 0. The Morgan fingerprint density at radius 2 is 1.04 bits per heavy atom. The van der Waals surface area contributed by atoms with Crippen LogP contribution in [0.3, 0.4) is 0 Å². The van der Waals surface area contributed by atoms with Crippen LogP contribution in [-0.2, 0) is 45.6 Å². The van der Waals surface area contributed by atoms with Crippen LogP contribution in [0.2, 0.25) is 0 Å². The third-order valence-electron chi connectivity index (χ3n) is 1.92. The van der Waals surface area contributed by atoms with E-state index in [1.807, 2.05) is 0 Å². The van der Waals surface area contributed by atoms with Crippen molar-refractivity contribution < 1.29 is 45.6 Å². The van der Waals surface area contributed by atoms with Crippen LogP contribution in [0.25, 0.3) is 0 Å². The first-order valence-corrected chi connectivity index (χ1v) is 14.2. The summed E-state index contributed by atoms with van der Waals surface area (Å²) < 4.78 is 27.6. The maximum absolute atomic E-state index is 11.5. The number of carbonyl (C=O) groups is 6. The Balaban J connectivity index is 1.77. The van der Waals surface area contributed by atoms with Gasteiger partial charge in [0.05, 0.1) is 0 Å². The van der Waals surface area contributed by atoms with E-state index in [4.69, 9.17) is 0 Å². The molecule has 2 fully saturated rings. The van der Waals surface area contributed by atoms with Crippen molar-refractivity contribution in [2.45, 2.75) is 19.3 Å². The summed E-state index contributed by atoms with van der Waals surface area (Å²) in [6, 6.07) is 0. The van der Waals surface area contributed by atoms with Crippen molar-refractivity contribution >= 4 is 82.0 Å². The summed E-state index contributed by atoms with van der Waals surface area (Å²) in [7, 11) is 0. The minimum absolute atomic E-state index is 0.571. The van der Waals surface area contributed by atoms with Crippen LogP contribution in [0.1, 0.15) is 19.3 Å². The molecule has 0 spiro atoms. The predicted molar refractivity (Wildman–Crippen MR) is 61.9 cm³/mol. The molecular formula is C9H6Bi2O12. The molecule has 0 radical (unpaired) electrons. The zero-order chi connectivity index (χ0) is 17.0. The van der Waals surface area contributed by atoms with Gasteiger partial charge in [0.1, 0.15) is 0 Å². The van der Waals surface area contributed by atoms with Gasteiger partial charge in [-0.05, 0) is 0 Å². The molecule has 0 saturated carbocycles. The van der Waals surface area contributed by atoms with Gasteiger partial charge in [0.15, 0.2) is 0 Å². The summed E-state index contributed by atoms with van der Waals surface area (Å²) in [5, 5.41) is 0. The summed E-state index contributed by atoms with van der Waals surface area (Å²) >= 11 is -8.02. The molecule has 23 heavy (non-hydrogen) atoms. The fraction of sp³-hybridized carbons (Fsp3) is 0.333. The molecule has 0 bridgehead atoms. The number of hydrogen-bond acceptors (Lipinski definition) is 12. The molecule has 124 valence electrons. The normalized spacial score (nSPS) is 19.1. The van der Waals surface area contributed by atoms with E-state index in [0.29, 0.717) is 0 Å². The molecule has 0 aliphatic carbocycles. The molecule has 14 heteroatoms. The quantitative estimate of drug-likeness (QED) is 0.221. The molecule has 2 saturated heterocycles. The summed E-state index contributed by atoms with van der Waals surface area (Å²) in [5.74, 6) is -5.77. The van der Waals surface area contributed by atoms with Gasteiger partial charge >= 0.3 is 147 Å². The topological polar surface area (TPSA) is 158 Å². The van der Waals surface area contributed by atoms with Gasteiger partial charge in [0.25, 0.3) is 0 Å². The molecule has 2 rings (SSSR count). The SMILES string of the molecule is O=C1CC(=O)[O][Bi]([O]C(=O)CC(=O)[O][Bi]2[O]C(=O)CC(=O)[O]2)[O]1. The molecule has 2 aliphatic rings. The molecule has 0 aromatic heterocycles. The first kappa shape index (κ1) is 17.9. The van der Waals surface area contributed by atoms with Crippen LogP contribution in [0.5, 0.6) is 0 Å². The Labute approximate surface area is 146 Å². The molecule has 0 unspecified atom stereocenters. The molecule has 0 aromatic rings. The van der Waals surface area contributed by atoms with E-state index in [1.54, 1.807) is 0 Å². The second kappa shape index (κ2) is 7.92. The van der Waals surface area contributed by atoms with Crippen molar-refractivity contribution in [3.05, 3.63) is 0 Å². The third kappa shape index (κ3) is 5.95. The van der Waals surface area contributed by atoms with E-state index in [9.17, 15) is 28.8 Å². The summed E-state index contributed by atoms with van der Waals surface area (Å²) in [6.45, 7) is 0. The van der Waals surface area contributed by atoms with E-state index in [-0.39, 0.29) is 0 Å². The Kier molecular flexibility index (Phi) is 6.17. The van der Waals surface area contributed by atoms with Crippen LogP contribution in [0.15, 0.2) is 0 Å². The molecule has 0 N–H and O–H groups in total. The van der Waals surface area contributed by atoms with E-state index in [0.717, 1.165) is 0 Å². The summed E-state index contributed by atoms with van der Waals surface area (Å²) in [6.07, 6.45) is -2.06. The first-order valence-electron chi connectivity index (χ1n) is 5.67. The zero-order valence-corrected chi connectivity index (χ0v) is 17.9. The first-order chi connectivity index (χ1) is 10.8. The van der Waals surface area contributed by atoms with Crippen LogP contribution in [0, 0.1) is 0 Å². The molecule has 2 heterocycles. The predicted octanol–water partition coefficient (Wildman–Crippen LogP) is -2.59. The van der Waals surface area contributed by atoms with E-state index in [2.05, 4.69) is 16.9 Å². The summed E-state index contributed by atoms with van der Waals surface area (Å²) in [4.78, 5) is 66.8. The van der Waals surface area contributed by atoms with Gasteiger partial charge in [-0.25, -0.2) is 0 Å². The fourth-order valence-corrected chi connectivity index (χ4v) is 7.41. The number of carbonyl (C=O) groups excluding carboxylic acids is 6. The van der Waals surface area contributed by atoms with E-state index in [1.165, 1.54) is 0 Å². The van der Waals surface area contributed by atoms with E-state index < -0.39 is 101 Å². The monoisotopic (exact) mass is 724 g/mol. The van der Waals surface area contributed by atoms with Crippen LogP contribution >= 0.6 is 0 Å². The molecular weight excluding hydrogens is 718 g/mol. The summed E-state index contributed by atoms with van der Waals surface area (Å²) in [5.41, 5.74) is 0. The van der Waals surface area contributed by atoms with Crippen LogP contribution in [-0.4, -0.2) is 82.0 Å². The van der Waals surface area contributed by atoms with Crippen molar-refractivity contribution in [3.63, 3.8) is 0 Å². The van der Waals surface area contributed by atoms with E-state index >= 15 is 0 Å². The molecule has 0 atom stereocenters. The van der Waals surface area contributed by atoms with Gasteiger partial charge in [-0.3, -0.25) is 0 Å². The van der Waals surface area contributed by atoms with Crippen molar-refractivity contribution in [3.8, 4) is 0 Å². The fourth-order valence-electron chi connectivity index (χ4n) is 1.16. The van der Waals surface area contributed by atoms with Crippen LogP contribution < -0.4 is 0 Å². The third-order valence-corrected chi connectivity index (χ3v) is 10.2. The minimum atomic E-state index is -4.01. The van der Waals surface area contributed by atoms with Crippen LogP contribution in [0.4, 0.5) is 0 Å². The molecule has 0 amide bonds. The van der Waals surface area contributed by atoms with Gasteiger partial charge in [-0.1, -0.05) is 0 Å². The second-order valence-electron chi connectivity index (χ2n) is 3.76.